The van der Waals surface area contributed by atoms with Crippen LogP contribution in [0.5, 0.6) is 0 Å². The maximum absolute atomic E-state index is 13.3. The predicted octanol–water partition coefficient (Wildman–Crippen LogP) is 1.73. The van der Waals surface area contributed by atoms with Crippen molar-refractivity contribution in [2.45, 2.75) is 0 Å². The first-order chi connectivity index (χ1) is 11.1. The van der Waals surface area contributed by atoms with Crippen LogP contribution in [-0.2, 0) is 9.53 Å². The summed E-state index contributed by atoms with van der Waals surface area (Å²) in [4.78, 5) is 38.3. The van der Waals surface area contributed by atoms with Crippen LogP contribution < -0.4 is 10.6 Å². The van der Waals surface area contributed by atoms with Crippen LogP contribution in [-0.4, -0.2) is 29.5 Å². The lowest BCUT2D eigenvalue weighted by molar-refractivity contribution is -0.123. The number of amides is 3. The molecule has 0 spiro atoms. The molecule has 8 heteroatoms. The van der Waals surface area contributed by atoms with Crippen molar-refractivity contribution in [1.29, 1.82) is 0 Å². The molecule has 0 aliphatic carbocycles. The van der Waals surface area contributed by atoms with E-state index < -0.39 is 30.3 Å². The number of nitrogens with zero attached hydrogens (tertiary/aromatic N) is 1. The Morgan fingerprint density at radius 2 is 1.83 bits per heavy atom. The highest BCUT2D eigenvalue weighted by atomic mass is 19.1. The number of pyridine rings is 1. The zero-order valence-electron chi connectivity index (χ0n) is 11.8. The van der Waals surface area contributed by atoms with Gasteiger partial charge in [0.15, 0.2) is 6.61 Å². The van der Waals surface area contributed by atoms with Crippen LogP contribution >= 0.6 is 0 Å². The van der Waals surface area contributed by atoms with Crippen LogP contribution in [0.15, 0.2) is 48.7 Å². The molecule has 1 heterocycles. The summed E-state index contributed by atoms with van der Waals surface area (Å²) >= 11 is 0. The maximum Gasteiger partial charge on any atom is 0.357 e. The molecule has 0 saturated carbocycles. The van der Waals surface area contributed by atoms with Gasteiger partial charge >= 0.3 is 12.0 Å². The predicted molar refractivity (Wildman–Crippen MR) is 78.1 cm³/mol. The van der Waals surface area contributed by atoms with Gasteiger partial charge in [-0.25, -0.2) is 19.0 Å². The number of carbonyl (C=O) groups is 3. The number of benzene rings is 1. The number of para-hydroxylation sites is 1. The average Bonchev–Trinajstić information content (AvgIpc) is 2.55. The van der Waals surface area contributed by atoms with Gasteiger partial charge in [0.1, 0.15) is 11.5 Å². The van der Waals surface area contributed by atoms with E-state index in [-0.39, 0.29) is 11.4 Å². The Labute approximate surface area is 130 Å². The van der Waals surface area contributed by atoms with Crippen LogP contribution in [0.25, 0.3) is 0 Å². The Morgan fingerprint density at radius 1 is 1.09 bits per heavy atom. The van der Waals surface area contributed by atoms with Gasteiger partial charge in [0.2, 0.25) is 0 Å². The molecular formula is C15H12FN3O4. The molecule has 1 aromatic carbocycles. The lowest BCUT2D eigenvalue weighted by Gasteiger charge is -2.07. The molecule has 118 valence electrons. The normalized spacial score (nSPS) is 9.78. The van der Waals surface area contributed by atoms with E-state index in [0.29, 0.717) is 0 Å². The van der Waals surface area contributed by atoms with Crippen LogP contribution in [0.4, 0.5) is 14.9 Å². The van der Waals surface area contributed by atoms with Crippen molar-refractivity contribution in [2.24, 2.45) is 0 Å². The summed E-state index contributed by atoms with van der Waals surface area (Å²) in [6.45, 7) is -0.667. The molecule has 0 aliphatic rings. The highest BCUT2D eigenvalue weighted by Gasteiger charge is 2.13. The molecular weight excluding hydrogens is 305 g/mol. The van der Waals surface area contributed by atoms with Gasteiger partial charge in [0.05, 0.1) is 5.69 Å². The van der Waals surface area contributed by atoms with Crippen molar-refractivity contribution < 1.29 is 23.5 Å². The van der Waals surface area contributed by atoms with E-state index in [4.69, 9.17) is 4.74 Å². The summed E-state index contributed by atoms with van der Waals surface area (Å²) in [6, 6.07) is 9.17. The van der Waals surface area contributed by atoms with E-state index >= 15 is 0 Å². The topological polar surface area (TPSA) is 97.4 Å². The zero-order chi connectivity index (χ0) is 16.7. The third kappa shape index (κ3) is 4.88. The highest BCUT2D eigenvalue weighted by Crippen LogP contribution is 2.11. The number of rotatable bonds is 4. The fourth-order valence-corrected chi connectivity index (χ4v) is 1.57. The summed E-state index contributed by atoms with van der Waals surface area (Å²) in [5.41, 5.74) is -0.0422. The first-order valence-electron chi connectivity index (χ1n) is 6.50. The Bertz CT molecular complexity index is 722. The molecule has 0 aliphatic heterocycles. The van der Waals surface area contributed by atoms with Gasteiger partial charge < -0.3 is 10.1 Å². The summed E-state index contributed by atoms with van der Waals surface area (Å²) in [5, 5.41) is 4.07. The Hall–Kier alpha value is -3.29. The van der Waals surface area contributed by atoms with Crippen LogP contribution in [0, 0.1) is 5.82 Å². The molecule has 7 nitrogen and oxygen atoms in total. The Morgan fingerprint density at radius 3 is 2.52 bits per heavy atom. The molecule has 0 radical (unpaired) electrons. The van der Waals surface area contributed by atoms with E-state index in [1.54, 1.807) is 12.1 Å². The number of esters is 1. The van der Waals surface area contributed by atoms with Crippen molar-refractivity contribution in [3.8, 4) is 0 Å². The van der Waals surface area contributed by atoms with Gasteiger partial charge in [-0.3, -0.25) is 10.1 Å². The van der Waals surface area contributed by atoms with Gasteiger partial charge in [-0.1, -0.05) is 18.2 Å². The number of aromatic nitrogens is 1. The number of imide groups is 1. The van der Waals surface area contributed by atoms with Crippen LogP contribution in [0.2, 0.25) is 0 Å². The number of hydrogen-bond donors (Lipinski definition) is 2. The number of nitrogens with one attached hydrogen (secondary N) is 2. The minimum absolute atomic E-state index is 0.0381. The van der Waals surface area contributed by atoms with Crippen molar-refractivity contribution in [1.82, 2.24) is 10.3 Å². The molecule has 0 saturated heterocycles. The smallest absolute Gasteiger partial charge is 0.357 e. The van der Waals surface area contributed by atoms with Crippen LogP contribution in [0.1, 0.15) is 10.5 Å². The van der Waals surface area contributed by atoms with Crippen molar-refractivity contribution in [2.75, 3.05) is 11.9 Å². The molecule has 0 unspecified atom stereocenters. The molecule has 3 amide bonds. The largest absolute Gasteiger partial charge is 0.451 e. The second-order valence-corrected chi connectivity index (χ2v) is 4.27. The summed E-state index contributed by atoms with van der Waals surface area (Å²) in [5.74, 6) is -2.30. The van der Waals surface area contributed by atoms with E-state index in [1.165, 1.54) is 30.5 Å². The van der Waals surface area contributed by atoms with Gasteiger partial charge in [-0.05, 0) is 24.3 Å². The van der Waals surface area contributed by atoms with E-state index in [9.17, 15) is 18.8 Å². The van der Waals surface area contributed by atoms with E-state index in [1.807, 2.05) is 5.32 Å². The second kappa shape index (κ2) is 7.64. The molecule has 2 N–H and O–H groups in total. The fraction of sp³-hybridized carbons (Fsp3) is 0.0667. The molecule has 2 rings (SSSR count). The summed E-state index contributed by atoms with van der Waals surface area (Å²) < 4.78 is 18.0. The molecule has 0 atom stereocenters. The maximum atomic E-state index is 13.3. The average molecular weight is 317 g/mol. The molecule has 2 aromatic rings. The number of carbonyl (C=O) groups excluding carboxylic acids is 3. The Kier molecular flexibility index (Phi) is 5.35. The van der Waals surface area contributed by atoms with Gasteiger partial charge in [0, 0.05) is 6.20 Å². The minimum atomic E-state index is -0.936. The van der Waals surface area contributed by atoms with Crippen LogP contribution in [0.3, 0.4) is 0 Å². The number of ether oxygens (including phenoxy) is 1. The standard InChI is InChI=1S/C15H12FN3O4/c16-10-5-1-2-6-11(10)18-15(22)19-13(20)9-23-14(21)12-7-3-4-8-17-12/h1-8H,9H2,(H2,18,19,20,22). The van der Waals surface area contributed by atoms with Gasteiger partial charge in [-0.15, -0.1) is 0 Å². The minimum Gasteiger partial charge on any atom is -0.451 e. The monoisotopic (exact) mass is 317 g/mol. The quantitative estimate of drug-likeness (QED) is 0.837. The third-order valence-corrected chi connectivity index (χ3v) is 2.58. The zero-order valence-corrected chi connectivity index (χ0v) is 11.8. The van der Waals surface area contributed by atoms with Gasteiger partial charge in [-0.2, -0.15) is 0 Å². The highest BCUT2D eigenvalue weighted by molar-refractivity contribution is 6.02. The number of hydrogen-bond acceptors (Lipinski definition) is 5. The SMILES string of the molecule is O=C(COC(=O)c1ccccn1)NC(=O)Nc1ccccc1F. The lowest BCUT2D eigenvalue weighted by Crippen LogP contribution is -2.37. The van der Waals surface area contributed by atoms with E-state index in [2.05, 4.69) is 10.3 Å². The molecule has 1 aromatic heterocycles. The first-order valence-corrected chi connectivity index (χ1v) is 6.50. The second-order valence-electron chi connectivity index (χ2n) is 4.27. The lowest BCUT2D eigenvalue weighted by atomic mass is 10.3. The van der Waals surface area contributed by atoms with Crippen molar-refractivity contribution >= 4 is 23.6 Å². The summed E-state index contributed by atoms with van der Waals surface area (Å²) in [7, 11) is 0. The molecule has 0 fully saturated rings. The van der Waals surface area contributed by atoms with Gasteiger partial charge in [0.25, 0.3) is 5.91 Å². The number of anilines is 1. The fourth-order valence-electron chi connectivity index (χ4n) is 1.57. The number of urea groups is 1. The third-order valence-electron chi connectivity index (χ3n) is 2.58. The first kappa shape index (κ1) is 16.1. The number of halogens is 1. The summed E-state index contributed by atoms with van der Waals surface area (Å²) in [6.07, 6.45) is 1.40. The Balaban J connectivity index is 1.79. The van der Waals surface area contributed by atoms with Crippen molar-refractivity contribution in [3.63, 3.8) is 0 Å². The molecule has 23 heavy (non-hydrogen) atoms. The molecule has 0 bridgehead atoms. The van der Waals surface area contributed by atoms with E-state index in [0.717, 1.165) is 6.07 Å². The van der Waals surface area contributed by atoms with Crippen molar-refractivity contribution in [3.05, 3.63) is 60.2 Å².